The van der Waals surface area contributed by atoms with Crippen LogP contribution in [0.4, 0.5) is 0 Å². The molecule has 1 heterocycles. The number of benzene rings is 2. The van der Waals surface area contributed by atoms with E-state index >= 15 is 0 Å². The van der Waals surface area contributed by atoms with E-state index < -0.39 is 0 Å². The number of phenols is 1. The van der Waals surface area contributed by atoms with Gasteiger partial charge >= 0.3 is 0 Å². The van der Waals surface area contributed by atoms with Crippen LogP contribution in [-0.4, -0.2) is 23.3 Å². The van der Waals surface area contributed by atoms with Crippen molar-refractivity contribution in [2.45, 2.75) is 65.2 Å². The second-order valence-electron chi connectivity index (χ2n) is 9.04. The molecule has 1 N–H and O–H groups in total. The predicted octanol–water partition coefficient (Wildman–Crippen LogP) is 8.15. The average molecular weight is 474 g/mol. The predicted molar refractivity (Wildman–Crippen MR) is 145 cm³/mol. The molecule has 0 fully saturated rings. The number of aromatic nitrogens is 1. The lowest BCUT2D eigenvalue weighted by atomic mass is 10.1. The number of aromatic hydroxyl groups is 1. The standard InChI is InChI=1S/C31H39NO3/c1-25-26(2)31(18-17-30(25)33)35-24-10-8-6-4-3-5-7-9-23-34-29-15-13-27(14-16-29)11-12-28-19-21-32-22-20-28/h11-22,33H,3-10,23-24H2,1-2H3/b12-11+. The maximum atomic E-state index is 9.73. The van der Waals surface area contributed by atoms with E-state index in [-0.39, 0.29) is 0 Å². The molecule has 0 saturated heterocycles. The number of hydrogen-bond acceptors (Lipinski definition) is 4. The van der Waals surface area contributed by atoms with Crippen molar-refractivity contribution in [1.29, 1.82) is 0 Å². The summed E-state index contributed by atoms with van der Waals surface area (Å²) in [4.78, 5) is 4.04. The summed E-state index contributed by atoms with van der Waals surface area (Å²) in [5.74, 6) is 2.16. The number of hydrogen-bond donors (Lipinski definition) is 1. The van der Waals surface area contributed by atoms with Crippen LogP contribution in [0.25, 0.3) is 12.2 Å². The monoisotopic (exact) mass is 473 g/mol. The summed E-state index contributed by atoms with van der Waals surface area (Å²) in [6.07, 6.45) is 17.5. The minimum Gasteiger partial charge on any atom is -0.508 e. The lowest BCUT2D eigenvalue weighted by Gasteiger charge is -2.12. The minimum absolute atomic E-state index is 0.335. The fourth-order valence-corrected chi connectivity index (χ4v) is 3.92. The third-order valence-electron chi connectivity index (χ3n) is 6.33. The molecule has 4 heteroatoms. The Morgan fingerprint density at radius 1 is 0.629 bits per heavy atom. The molecule has 0 amide bonds. The molecule has 0 spiro atoms. The summed E-state index contributed by atoms with van der Waals surface area (Å²) >= 11 is 0. The van der Waals surface area contributed by atoms with Crippen molar-refractivity contribution in [3.63, 3.8) is 0 Å². The zero-order valence-electron chi connectivity index (χ0n) is 21.2. The molecule has 4 nitrogen and oxygen atoms in total. The van der Waals surface area contributed by atoms with Crippen LogP contribution in [0.15, 0.2) is 60.9 Å². The van der Waals surface area contributed by atoms with Gasteiger partial charge in [0, 0.05) is 12.4 Å². The van der Waals surface area contributed by atoms with Crippen molar-refractivity contribution in [2.75, 3.05) is 13.2 Å². The van der Waals surface area contributed by atoms with Crippen molar-refractivity contribution in [1.82, 2.24) is 4.98 Å². The van der Waals surface area contributed by atoms with Crippen LogP contribution in [0.2, 0.25) is 0 Å². The lowest BCUT2D eigenvalue weighted by Crippen LogP contribution is -2.00. The molecule has 0 unspecified atom stereocenters. The minimum atomic E-state index is 0.335. The third-order valence-corrected chi connectivity index (χ3v) is 6.33. The van der Waals surface area contributed by atoms with Crippen LogP contribution in [0.1, 0.15) is 73.6 Å². The first-order chi connectivity index (χ1) is 17.1. The largest absolute Gasteiger partial charge is 0.508 e. The number of nitrogens with zero attached hydrogens (tertiary/aromatic N) is 1. The van der Waals surface area contributed by atoms with Gasteiger partial charge in [0.15, 0.2) is 0 Å². The van der Waals surface area contributed by atoms with Gasteiger partial charge in [0.05, 0.1) is 13.2 Å². The van der Waals surface area contributed by atoms with Crippen molar-refractivity contribution in [2.24, 2.45) is 0 Å². The molecule has 0 saturated carbocycles. The fraction of sp³-hybridized carbons (Fsp3) is 0.387. The van der Waals surface area contributed by atoms with Crippen LogP contribution in [0.5, 0.6) is 17.2 Å². The first-order valence-corrected chi connectivity index (χ1v) is 12.9. The average Bonchev–Trinajstić information content (AvgIpc) is 2.89. The molecule has 0 aliphatic carbocycles. The molecule has 2 aromatic carbocycles. The molecule has 186 valence electrons. The highest BCUT2D eigenvalue weighted by Gasteiger charge is 2.06. The highest BCUT2D eigenvalue weighted by Crippen LogP contribution is 2.28. The maximum Gasteiger partial charge on any atom is 0.122 e. The Morgan fingerprint density at radius 2 is 1.17 bits per heavy atom. The zero-order valence-corrected chi connectivity index (χ0v) is 21.2. The van der Waals surface area contributed by atoms with Crippen LogP contribution < -0.4 is 9.47 Å². The number of pyridine rings is 1. The summed E-state index contributed by atoms with van der Waals surface area (Å²) in [5.41, 5.74) is 4.23. The molecule has 1 aromatic heterocycles. The van der Waals surface area contributed by atoms with Crippen molar-refractivity contribution in [3.05, 3.63) is 83.2 Å². The quantitative estimate of drug-likeness (QED) is 0.226. The van der Waals surface area contributed by atoms with Crippen LogP contribution in [0.3, 0.4) is 0 Å². The van der Waals surface area contributed by atoms with Crippen LogP contribution in [0, 0.1) is 13.8 Å². The van der Waals surface area contributed by atoms with E-state index in [9.17, 15) is 5.11 Å². The van der Waals surface area contributed by atoms with Gasteiger partial charge in [-0.2, -0.15) is 0 Å². The number of unbranched alkanes of at least 4 members (excludes halogenated alkanes) is 7. The number of rotatable bonds is 15. The second-order valence-corrected chi connectivity index (χ2v) is 9.04. The van der Waals surface area contributed by atoms with Crippen molar-refractivity contribution in [3.8, 4) is 17.2 Å². The van der Waals surface area contributed by atoms with E-state index in [2.05, 4.69) is 29.3 Å². The molecule has 0 bridgehead atoms. The molecule has 3 rings (SSSR count). The van der Waals surface area contributed by atoms with Gasteiger partial charge in [0.1, 0.15) is 17.2 Å². The molecular weight excluding hydrogens is 434 g/mol. The Labute approximate surface area is 210 Å². The molecule has 0 atom stereocenters. The highest BCUT2D eigenvalue weighted by molar-refractivity contribution is 5.69. The number of phenolic OH excluding ortho intramolecular Hbond substituents is 1. The van der Waals surface area contributed by atoms with Gasteiger partial charge < -0.3 is 14.6 Å². The first-order valence-electron chi connectivity index (χ1n) is 12.9. The fourth-order valence-electron chi connectivity index (χ4n) is 3.92. The van der Waals surface area contributed by atoms with E-state index in [1.165, 1.54) is 38.5 Å². The van der Waals surface area contributed by atoms with Gasteiger partial charge in [0.25, 0.3) is 0 Å². The topological polar surface area (TPSA) is 51.6 Å². The molecule has 3 aromatic rings. The summed E-state index contributed by atoms with van der Waals surface area (Å²) in [6, 6.07) is 15.8. The van der Waals surface area contributed by atoms with E-state index in [4.69, 9.17) is 9.47 Å². The van der Waals surface area contributed by atoms with Gasteiger partial charge in [-0.1, -0.05) is 62.8 Å². The Hall–Kier alpha value is -3.27. The van der Waals surface area contributed by atoms with Gasteiger partial charge in [-0.05, 0) is 85.3 Å². The normalized spacial score (nSPS) is 11.1. The van der Waals surface area contributed by atoms with Crippen LogP contribution in [-0.2, 0) is 0 Å². The molecule has 0 aliphatic heterocycles. The summed E-state index contributed by atoms with van der Waals surface area (Å²) < 4.78 is 11.8. The Morgan fingerprint density at radius 3 is 1.80 bits per heavy atom. The smallest absolute Gasteiger partial charge is 0.122 e. The molecule has 0 radical (unpaired) electrons. The Balaban J connectivity index is 1.16. The third kappa shape index (κ3) is 9.48. The zero-order chi connectivity index (χ0) is 24.7. The summed E-state index contributed by atoms with van der Waals surface area (Å²) in [6.45, 7) is 5.44. The Kier molecular flexibility index (Phi) is 11.2. The van der Waals surface area contributed by atoms with Crippen molar-refractivity contribution < 1.29 is 14.6 Å². The van der Waals surface area contributed by atoms with E-state index in [0.717, 1.165) is 59.8 Å². The molecule has 35 heavy (non-hydrogen) atoms. The first kappa shape index (κ1) is 26.3. The molecule has 0 aliphatic rings. The van der Waals surface area contributed by atoms with E-state index in [0.29, 0.717) is 5.75 Å². The number of ether oxygens (including phenoxy) is 2. The van der Waals surface area contributed by atoms with Gasteiger partial charge in [-0.15, -0.1) is 0 Å². The SMILES string of the molecule is Cc1c(O)ccc(OCCCCCCCCCCOc2ccc(/C=C/c3ccncc3)cc2)c1C. The van der Waals surface area contributed by atoms with Gasteiger partial charge in [-0.3, -0.25) is 4.98 Å². The highest BCUT2D eigenvalue weighted by atomic mass is 16.5. The maximum absolute atomic E-state index is 9.73. The lowest BCUT2D eigenvalue weighted by molar-refractivity contribution is 0.299. The van der Waals surface area contributed by atoms with Gasteiger partial charge in [0.2, 0.25) is 0 Å². The molecular formula is C31H39NO3. The van der Waals surface area contributed by atoms with E-state index in [1.807, 2.05) is 44.2 Å². The second kappa shape index (κ2) is 14.9. The van der Waals surface area contributed by atoms with Gasteiger partial charge in [-0.25, -0.2) is 0 Å². The summed E-state index contributed by atoms with van der Waals surface area (Å²) in [5, 5.41) is 9.73. The van der Waals surface area contributed by atoms with Crippen molar-refractivity contribution >= 4 is 12.2 Å². The summed E-state index contributed by atoms with van der Waals surface area (Å²) in [7, 11) is 0. The Bertz CT molecular complexity index is 1030. The van der Waals surface area contributed by atoms with E-state index in [1.54, 1.807) is 18.5 Å². The van der Waals surface area contributed by atoms with Crippen LogP contribution >= 0.6 is 0 Å².